The van der Waals surface area contributed by atoms with Gasteiger partial charge in [0, 0.05) is 30.9 Å². The zero-order valence-corrected chi connectivity index (χ0v) is 9.71. The summed E-state index contributed by atoms with van der Waals surface area (Å²) in [7, 11) is 1.70. The number of hydrogen-bond donors (Lipinski definition) is 2. The van der Waals surface area contributed by atoms with Gasteiger partial charge in [-0.05, 0) is 18.2 Å². The van der Waals surface area contributed by atoms with E-state index < -0.39 is 0 Å². The largest absolute Gasteiger partial charge is 0.508 e. The van der Waals surface area contributed by atoms with Crippen LogP contribution in [-0.4, -0.2) is 19.6 Å². The zero-order valence-electron chi connectivity index (χ0n) is 9.71. The van der Waals surface area contributed by atoms with Crippen LogP contribution in [0.25, 0.3) is 22.4 Å². The van der Waals surface area contributed by atoms with Gasteiger partial charge in [-0.1, -0.05) is 0 Å². The second kappa shape index (κ2) is 3.73. The number of nitrogens with zero attached hydrogens (tertiary/aromatic N) is 2. The molecule has 18 heavy (non-hydrogen) atoms. The quantitative estimate of drug-likeness (QED) is 0.680. The first-order valence-corrected chi connectivity index (χ1v) is 5.49. The number of nitrogens with one attached hydrogen (secondary N) is 1. The highest BCUT2D eigenvalue weighted by atomic mass is 16.3. The molecule has 0 amide bonds. The number of phenolic OH excluding ortho intramolecular Hbond substituents is 1. The highest BCUT2D eigenvalue weighted by Gasteiger charge is 2.06. The fourth-order valence-electron chi connectivity index (χ4n) is 1.83. The van der Waals surface area contributed by atoms with Crippen LogP contribution in [0.2, 0.25) is 0 Å². The molecule has 5 nitrogen and oxygen atoms in total. The summed E-state index contributed by atoms with van der Waals surface area (Å²) in [6.45, 7) is 0. The first-order chi connectivity index (χ1) is 8.63. The van der Waals surface area contributed by atoms with Crippen LogP contribution < -0.4 is 5.56 Å². The maximum Gasteiger partial charge on any atom is 0.250 e. The van der Waals surface area contributed by atoms with Crippen LogP contribution in [0, 0.1) is 0 Å². The van der Waals surface area contributed by atoms with E-state index in [0.29, 0.717) is 5.82 Å². The lowest BCUT2D eigenvalue weighted by atomic mass is 10.2. The molecule has 90 valence electrons. The van der Waals surface area contributed by atoms with Gasteiger partial charge >= 0.3 is 0 Å². The fourth-order valence-corrected chi connectivity index (χ4v) is 1.83. The Balaban J connectivity index is 2.19. The smallest absolute Gasteiger partial charge is 0.250 e. The molecule has 0 unspecified atom stereocenters. The Morgan fingerprint density at radius 1 is 1.28 bits per heavy atom. The summed E-state index contributed by atoms with van der Waals surface area (Å²) >= 11 is 0. The van der Waals surface area contributed by atoms with Gasteiger partial charge in [0.15, 0.2) is 0 Å². The normalized spacial score (nSPS) is 10.9. The van der Waals surface area contributed by atoms with Gasteiger partial charge in [-0.25, -0.2) is 4.98 Å². The minimum atomic E-state index is -0.0872. The number of aromatic nitrogens is 3. The monoisotopic (exact) mass is 241 g/mol. The molecule has 0 saturated carbocycles. The van der Waals surface area contributed by atoms with E-state index in [0.717, 1.165) is 16.6 Å². The Kier molecular flexibility index (Phi) is 2.19. The van der Waals surface area contributed by atoms with Crippen LogP contribution in [0.4, 0.5) is 0 Å². The summed E-state index contributed by atoms with van der Waals surface area (Å²) in [6.07, 6.45) is 1.70. The molecular weight excluding hydrogens is 230 g/mol. The van der Waals surface area contributed by atoms with E-state index in [1.165, 1.54) is 10.6 Å². The van der Waals surface area contributed by atoms with Crippen molar-refractivity contribution in [3.05, 3.63) is 46.9 Å². The number of hydrogen-bond acceptors (Lipinski definition) is 3. The molecular formula is C13H11N3O2. The molecule has 3 rings (SSSR count). The Morgan fingerprint density at radius 2 is 2.11 bits per heavy atom. The Hall–Kier alpha value is -2.56. The van der Waals surface area contributed by atoms with E-state index in [9.17, 15) is 9.90 Å². The third kappa shape index (κ3) is 1.66. The molecule has 0 aliphatic heterocycles. The number of H-pyrrole nitrogens is 1. The van der Waals surface area contributed by atoms with Crippen molar-refractivity contribution in [2.24, 2.45) is 7.05 Å². The van der Waals surface area contributed by atoms with Crippen molar-refractivity contribution in [1.29, 1.82) is 0 Å². The van der Waals surface area contributed by atoms with Crippen LogP contribution in [0.3, 0.4) is 0 Å². The van der Waals surface area contributed by atoms with Crippen LogP contribution in [0.1, 0.15) is 0 Å². The molecule has 0 radical (unpaired) electrons. The first-order valence-electron chi connectivity index (χ1n) is 5.49. The third-order valence-corrected chi connectivity index (χ3v) is 2.84. The molecule has 3 aromatic rings. The second-order valence-electron chi connectivity index (χ2n) is 4.15. The highest BCUT2D eigenvalue weighted by molar-refractivity contribution is 5.80. The zero-order chi connectivity index (χ0) is 12.7. The van der Waals surface area contributed by atoms with Crippen molar-refractivity contribution in [3.8, 4) is 17.1 Å². The number of aromatic hydroxyl groups is 1. The Morgan fingerprint density at radius 3 is 2.89 bits per heavy atom. The summed E-state index contributed by atoms with van der Waals surface area (Å²) in [5, 5.41) is 9.39. The van der Waals surface area contributed by atoms with E-state index in [1.54, 1.807) is 31.4 Å². The molecule has 0 aliphatic carbocycles. The van der Waals surface area contributed by atoms with E-state index in [1.807, 2.05) is 6.07 Å². The molecule has 0 fully saturated rings. The summed E-state index contributed by atoms with van der Waals surface area (Å²) in [4.78, 5) is 19.0. The van der Waals surface area contributed by atoms with Gasteiger partial charge < -0.3 is 14.7 Å². The molecule has 0 spiro atoms. The topological polar surface area (TPSA) is 70.9 Å². The summed E-state index contributed by atoms with van der Waals surface area (Å²) in [6, 6.07) is 8.26. The number of imidazole rings is 1. The Labute approximate surface area is 102 Å². The number of pyridine rings is 1. The van der Waals surface area contributed by atoms with E-state index in [4.69, 9.17) is 0 Å². The van der Waals surface area contributed by atoms with Crippen molar-refractivity contribution in [2.45, 2.75) is 0 Å². The lowest BCUT2D eigenvalue weighted by Gasteiger charge is -1.98. The van der Waals surface area contributed by atoms with Crippen LogP contribution in [0.5, 0.6) is 5.75 Å². The number of phenols is 1. The molecule has 0 saturated heterocycles. The van der Waals surface area contributed by atoms with Crippen molar-refractivity contribution >= 4 is 11.0 Å². The predicted molar refractivity (Wildman–Crippen MR) is 68.4 cm³/mol. The maximum atomic E-state index is 11.6. The van der Waals surface area contributed by atoms with Crippen LogP contribution in [-0.2, 0) is 7.05 Å². The van der Waals surface area contributed by atoms with E-state index in [2.05, 4.69) is 9.97 Å². The highest BCUT2D eigenvalue weighted by Crippen LogP contribution is 2.22. The SMILES string of the molecule is Cn1ccc(-c2nc3ccc(O)cc3[nH]2)cc1=O. The minimum Gasteiger partial charge on any atom is -0.508 e. The molecule has 0 bridgehead atoms. The molecule has 1 aromatic carbocycles. The van der Waals surface area contributed by atoms with Crippen molar-refractivity contribution in [2.75, 3.05) is 0 Å². The molecule has 0 atom stereocenters. The fraction of sp³-hybridized carbons (Fsp3) is 0.0769. The number of fused-ring (bicyclic) bond motifs is 1. The summed E-state index contributed by atoms with van der Waals surface area (Å²) in [5.74, 6) is 0.801. The van der Waals surface area contributed by atoms with E-state index >= 15 is 0 Å². The standard InChI is InChI=1S/C13H11N3O2/c1-16-5-4-8(6-12(16)18)13-14-10-3-2-9(17)7-11(10)15-13/h2-7,17H,1H3,(H,14,15). The second-order valence-corrected chi connectivity index (χ2v) is 4.15. The molecule has 2 N–H and O–H groups in total. The molecule has 2 heterocycles. The van der Waals surface area contributed by atoms with Crippen LogP contribution >= 0.6 is 0 Å². The van der Waals surface area contributed by atoms with E-state index in [-0.39, 0.29) is 11.3 Å². The van der Waals surface area contributed by atoms with Crippen LogP contribution in [0.15, 0.2) is 41.3 Å². The predicted octanol–water partition coefficient (Wildman–Crippen LogP) is 1.63. The summed E-state index contributed by atoms with van der Waals surface area (Å²) < 4.78 is 1.50. The molecule has 5 heteroatoms. The van der Waals surface area contributed by atoms with Crippen molar-refractivity contribution < 1.29 is 5.11 Å². The van der Waals surface area contributed by atoms with Crippen molar-refractivity contribution in [1.82, 2.24) is 14.5 Å². The van der Waals surface area contributed by atoms with Gasteiger partial charge in [-0.15, -0.1) is 0 Å². The lowest BCUT2D eigenvalue weighted by molar-refractivity contribution is 0.476. The van der Waals surface area contributed by atoms with Crippen molar-refractivity contribution in [3.63, 3.8) is 0 Å². The van der Waals surface area contributed by atoms with Gasteiger partial charge in [0.25, 0.3) is 5.56 Å². The maximum absolute atomic E-state index is 11.6. The number of benzene rings is 1. The first kappa shape index (κ1) is 10.6. The minimum absolute atomic E-state index is 0.0872. The van der Waals surface area contributed by atoms with Gasteiger partial charge in [0.1, 0.15) is 11.6 Å². The number of rotatable bonds is 1. The molecule has 2 aromatic heterocycles. The van der Waals surface area contributed by atoms with Gasteiger partial charge in [-0.3, -0.25) is 4.79 Å². The van der Waals surface area contributed by atoms with Gasteiger partial charge in [-0.2, -0.15) is 0 Å². The average Bonchev–Trinajstić information content (AvgIpc) is 2.75. The average molecular weight is 241 g/mol. The summed E-state index contributed by atoms with van der Waals surface area (Å²) in [5.41, 5.74) is 2.14. The van der Waals surface area contributed by atoms with Gasteiger partial charge in [0.05, 0.1) is 11.0 Å². The van der Waals surface area contributed by atoms with Gasteiger partial charge in [0.2, 0.25) is 0 Å². The lowest BCUT2D eigenvalue weighted by Crippen LogP contribution is -2.14. The third-order valence-electron chi connectivity index (χ3n) is 2.84. The Bertz CT molecular complexity index is 786. The molecule has 0 aliphatic rings. The number of aryl methyl sites for hydroxylation is 1. The number of aromatic amines is 1.